The van der Waals surface area contributed by atoms with Gasteiger partial charge in [0.25, 0.3) is 0 Å². The smallest absolute Gasteiger partial charge is 0.170 e. The van der Waals surface area contributed by atoms with Crippen molar-refractivity contribution in [2.24, 2.45) is 0 Å². The molecule has 2 aromatic heterocycles. The minimum absolute atomic E-state index is 0.167. The standard InChI is InChI=1S/C17H17N3O2.C3H6/c18-17-15(11-22)20-10-13(7-8-16(20)19-17)14-6-2-1-4-12(14)5-3-9-21;1-2-3-1/h1-2,4,6-8,10-11,21H,3,5,9,18H2;1-3H2. The van der Waals surface area contributed by atoms with Crippen LogP contribution in [0.15, 0.2) is 42.6 Å². The number of aliphatic hydroxyl groups excluding tert-OH is 1. The van der Waals surface area contributed by atoms with Gasteiger partial charge in [-0.2, -0.15) is 0 Å². The van der Waals surface area contributed by atoms with Gasteiger partial charge in [0.15, 0.2) is 12.1 Å². The summed E-state index contributed by atoms with van der Waals surface area (Å²) in [6, 6.07) is 11.9. The van der Waals surface area contributed by atoms with Crippen molar-refractivity contribution in [1.29, 1.82) is 0 Å². The molecule has 5 heteroatoms. The molecule has 25 heavy (non-hydrogen) atoms. The molecular weight excluding hydrogens is 314 g/mol. The van der Waals surface area contributed by atoms with Crippen molar-refractivity contribution >= 4 is 17.8 Å². The number of carbonyl (C=O) groups excluding carboxylic acids is 1. The summed E-state index contributed by atoms with van der Waals surface area (Å²) in [6.07, 6.45) is 8.62. The number of rotatable bonds is 5. The van der Waals surface area contributed by atoms with Gasteiger partial charge >= 0.3 is 0 Å². The molecule has 0 radical (unpaired) electrons. The Kier molecular flexibility index (Phi) is 5.46. The average Bonchev–Trinajstić information content (AvgIpc) is 3.48. The first-order chi connectivity index (χ1) is 12.2. The second kappa shape index (κ2) is 7.94. The number of fused-ring (bicyclic) bond motifs is 1. The number of aryl methyl sites for hydroxylation is 1. The molecule has 1 aliphatic rings. The van der Waals surface area contributed by atoms with Gasteiger partial charge in [-0.05, 0) is 41.7 Å². The molecule has 3 N–H and O–H groups in total. The minimum atomic E-state index is 0.167. The van der Waals surface area contributed by atoms with E-state index in [9.17, 15) is 4.79 Å². The molecule has 0 amide bonds. The largest absolute Gasteiger partial charge is 0.396 e. The summed E-state index contributed by atoms with van der Waals surface area (Å²) < 4.78 is 1.71. The Bertz CT molecular complexity index is 866. The van der Waals surface area contributed by atoms with Crippen molar-refractivity contribution in [1.82, 2.24) is 9.38 Å². The lowest BCUT2D eigenvalue weighted by Gasteiger charge is -2.10. The molecule has 1 fully saturated rings. The fourth-order valence-corrected chi connectivity index (χ4v) is 2.65. The number of nitrogens with zero attached hydrogens (tertiary/aromatic N) is 2. The molecule has 1 aromatic carbocycles. The summed E-state index contributed by atoms with van der Waals surface area (Å²) in [4.78, 5) is 15.4. The van der Waals surface area contributed by atoms with Crippen LogP contribution in [-0.2, 0) is 6.42 Å². The quantitative estimate of drug-likeness (QED) is 0.698. The number of aldehydes is 1. The second-order valence-corrected chi connectivity index (χ2v) is 6.19. The maximum Gasteiger partial charge on any atom is 0.170 e. The number of aromatic nitrogens is 2. The number of nitrogens with two attached hydrogens (primary N) is 1. The number of benzene rings is 1. The van der Waals surface area contributed by atoms with Gasteiger partial charge in [0.2, 0.25) is 0 Å². The van der Waals surface area contributed by atoms with E-state index in [0.29, 0.717) is 11.3 Å². The van der Waals surface area contributed by atoms with Gasteiger partial charge in [-0.25, -0.2) is 4.98 Å². The fraction of sp³-hybridized carbons (Fsp3) is 0.300. The molecule has 2 heterocycles. The molecule has 0 bridgehead atoms. The van der Waals surface area contributed by atoms with Crippen LogP contribution in [0.1, 0.15) is 41.7 Å². The lowest BCUT2D eigenvalue weighted by molar-refractivity contribution is 0.111. The average molecular weight is 337 g/mol. The molecule has 0 spiro atoms. The van der Waals surface area contributed by atoms with Gasteiger partial charge in [0.1, 0.15) is 11.3 Å². The van der Waals surface area contributed by atoms with Crippen molar-refractivity contribution < 1.29 is 9.90 Å². The van der Waals surface area contributed by atoms with Crippen LogP contribution in [0.25, 0.3) is 16.8 Å². The molecular formula is C20H23N3O2. The molecule has 1 saturated carbocycles. The van der Waals surface area contributed by atoms with Gasteiger partial charge in [-0.1, -0.05) is 43.5 Å². The molecule has 5 nitrogen and oxygen atoms in total. The second-order valence-electron chi connectivity index (χ2n) is 6.19. The summed E-state index contributed by atoms with van der Waals surface area (Å²) in [5.74, 6) is 0.237. The minimum Gasteiger partial charge on any atom is -0.396 e. The van der Waals surface area contributed by atoms with Crippen molar-refractivity contribution in [3.63, 3.8) is 0 Å². The van der Waals surface area contributed by atoms with Crippen LogP contribution < -0.4 is 5.73 Å². The predicted molar refractivity (Wildman–Crippen MR) is 99.7 cm³/mol. The number of nitrogen functional groups attached to an aromatic ring is 1. The zero-order chi connectivity index (χ0) is 17.6. The van der Waals surface area contributed by atoms with Gasteiger partial charge in [-0.3, -0.25) is 9.20 Å². The van der Waals surface area contributed by atoms with Gasteiger partial charge < -0.3 is 10.8 Å². The van der Waals surface area contributed by atoms with E-state index in [-0.39, 0.29) is 12.4 Å². The Morgan fingerprint density at radius 1 is 1.16 bits per heavy atom. The van der Waals surface area contributed by atoms with Crippen molar-refractivity contribution in [2.75, 3.05) is 12.3 Å². The monoisotopic (exact) mass is 337 g/mol. The van der Waals surface area contributed by atoms with Crippen LogP contribution in [0.4, 0.5) is 5.82 Å². The predicted octanol–water partition coefficient (Wildman–Crippen LogP) is 3.49. The first-order valence-electron chi connectivity index (χ1n) is 8.66. The summed E-state index contributed by atoms with van der Waals surface area (Å²) >= 11 is 0. The van der Waals surface area contributed by atoms with Crippen molar-refractivity contribution in [3.05, 3.63) is 53.9 Å². The summed E-state index contributed by atoms with van der Waals surface area (Å²) in [7, 11) is 0. The molecule has 130 valence electrons. The van der Waals surface area contributed by atoms with E-state index in [4.69, 9.17) is 10.8 Å². The topological polar surface area (TPSA) is 80.6 Å². The maximum atomic E-state index is 11.2. The number of anilines is 1. The number of hydrogen-bond acceptors (Lipinski definition) is 4. The summed E-state index contributed by atoms with van der Waals surface area (Å²) in [6.45, 7) is 0.167. The van der Waals surface area contributed by atoms with Gasteiger partial charge in [0, 0.05) is 12.8 Å². The van der Waals surface area contributed by atoms with Crippen LogP contribution in [0.5, 0.6) is 0 Å². The Morgan fingerprint density at radius 3 is 2.60 bits per heavy atom. The van der Waals surface area contributed by atoms with Crippen LogP contribution in [0.3, 0.4) is 0 Å². The van der Waals surface area contributed by atoms with Crippen LogP contribution in [-0.4, -0.2) is 27.4 Å². The number of imidazole rings is 1. The van der Waals surface area contributed by atoms with E-state index >= 15 is 0 Å². The van der Waals surface area contributed by atoms with Gasteiger partial charge in [-0.15, -0.1) is 0 Å². The highest BCUT2D eigenvalue weighted by Gasteiger charge is 2.11. The number of aliphatic hydroxyl groups is 1. The third kappa shape index (κ3) is 4.06. The Labute approximate surface area is 147 Å². The molecule has 0 unspecified atom stereocenters. The molecule has 0 aliphatic heterocycles. The molecule has 4 rings (SSSR count). The molecule has 1 aliphatic carbocycles. The Balaban J connectivity index is 0.000000549. The highest BCUT2D eigenvalue weighted by molar-refractivity contribution is 5.82. The normalized spacial score (nSPS) is 12.5. The van der Waals surface area contributed by atoms with E-state index < -0.39 is 0 Å². The summed E-state index contributed by atoms with van der Waals surface area (Å²) in [5.41, 5.74) is 10.0. The Hall–Kier alpha value is -2.66. The fourth-order valence-electron chi connectivity index (χ4n) is 2.65. The number of carbonyl (C=O) groups is 1. The zero-order valence-corrected chi connectivity index (χ0v) is 14.2. The first-order valence-corrected chi connectivity index (χ1v) is 8.66. The third-order valence-corrected chi connectivity index (χ3v) is 4.08. The van der Waals surface area contributed by atoms with E-state index in [1.54, 1.807) is 4.40 Å². The van der Waals surface area contributed by atoms with E-state index in [1.807, 2.05) is 36.5 Å². The first kappa shape index (κ1) is 17.2. The molecule has 3 aromatic rings. The molecule has 0 saturated heterocycles. The van der Waals surface area contributed by atoms with Gasteiger partial charge in [0.05, 0.1) is 0 Å². The highest BCUT2D eigenvalue weighted by atomic mass is 16.2. The number of hydrogen-bond donors (Lipinski definition) is 2. The van der Waals surface area contributed by atoms with Crippen molar-refractivity contribution in [2.45, 2.75) is 32.1 Å². The van der Waals surface area contributed by atoms with Crippen LogP contribution >= 0.6 is 0 Å². The van der Waals surface area contributed by atoms with E-state index in [1.165, 1.54) is 19.3 Å². The SMILES string of the molecule is C1CC1.Nc1nc2ccc(-c3ccccc3CCCO)cn2c1C=O. The highest BCUT2D eigenvalue weighted by Crippen LogP contribution is 2.26. The maximum absolute atomic E-state index is 11.2. The van der Waals surface area contributed by atoms with E-state index in [2.05, 4.69) is 11.1 Å². The molecule has 0 atom stereocenters. The van der Waals surface area contributed by atoms with E-state index in [0.717, 1.165) is 35.8 Å². The summed E-state index contributed by atoms with van der Waals surface area (Å²) in [5, 5.41) is 9.04. The lowest BCUT2D eigenvalue weighted by Crippen LogP contribution is -1.97. The lowest BCUT2D eigenvalue weighted by atomic mass is 9.98. The zero-order valence-electron chi connectivity index (χ0n) is 14.2. The number of pyridine rings is 1. The Morgan fingerprint density at radius 2 is 1.92 bits per heavy atom. The van der Waals surface area contributed by atoms with Crippen molar-refractivity contribution in [3.8, 4) is 11.1 Å². The van der Waals surface area contributed by atoms with Crippen LogP contribution in [0.2, 0.25) is 0 Å². The van der Waals surface area contributed by atoms with Crippen LogP contribution in [0, 0.1) is 0 Å². The third-order valence-electron chi connectivity index (χ3n) is 4.08.